The third-order valence-corrected chi connectivity index (χ3v) is 3.05. The van der Waals surface area contributed by atoms with Gasteiger partial charge in [0.1, 0.15) is 17.6 Å². The molecule has 2 rings (SSSR count). The molecule has 0 aliphatic carbocycles. The van der Waals surface area contributed by atoms with Gasteiger partial charge < -0.3 is 15.8 Å². The lowest BCUT2D eigenvalue weighted by Gasteiger charge is -2.14. The van der Waals surface area contributed by atoms with Gasteiger partial charge in [-0.3, -0.25) is 0 Å². The number of anilines is 3. The van der Waals surface area contributed by atoms with Crippen LogP contribution in [-0.4, -0.2) is 11.1 Å². The summed E-state index contributed by atoms with van der Waals surface area (Å²) in [5, 5.41) is 12.1. The van der Waals surface area contributed by atoms with E-state index < -0.39 is 0 Å². The van der Waals surface area contributed by atoms with Crippen molar-refractivity contribution in [2.45, 2.75) is 26.4 Å². The summed E-state index contributed by atoms with van der Waals surface area (Å²) in [4.78, 5) is 4.15. The average molecular weight is 282 g/mol. The number of hydrogen-bond acceptors (Lipinski definition) is 5. The summed E-state index contributed by atoms with van der Waals surface area (Å²) in [6, 6.07) is 13.0. The largest absolute Gasteiger partial charge is 0.491 e. The van der Waals surface area contributed by atoms with Gasteiger partial charge in [0.2, 0.25) is 0 Å². The van der Waals surface area contributed by atoms with Crippen LogP contribution in [0.2, 0.25) is 0 Å². The number of nitrogens with two attached hydrogens (primary N) is 1. The Morgan fingerprint density at radius 2 is 2.19 bits per heavy atom. The molecule has 108 valence electrons. The van der Waals surface area contributed by atoms with E-state index in [4.69, 9.17) is 15.7 Å². The van der Waals surface area contributed by atoms with E-state index in [0.717, 1.165) is 17.9 Å². The molecule has 1 aromatic carbocycles. The first-order valence-corrected chi connectivity index (χ1v) is 6.82. The van der Waals surface area contributed by atoms with Crippen LogP contribution in [0.1, 0.15) is 26.0 Å². The number of nitriles is 1. The molecular formula is C16H18N4O. The Balaban J connectivity index is 2.16. The lowest BCUT2D eigenvalue weighted by Crippen LogP contribution is -2.09. The van der Waals surface area contributed by atoms with E-state index in [1.54, 1.807) is 12.1 Å². The van der Waals surface area contributed by atoms with Crippen LogP contribution in [0.5, 0.6) is 5.75 Å². The Kier molecular flexibility index (Phi) is 4.62. The lowest BCUT2D eigenvalue weighted by molar-refractivity contribution is 0.217. The monoisotopic (exact) mass is 282 g/mol. The molecule has 0 aliphatic heterocycles. The molecule has 1 aromatic heterocycles. The molecule has 0 saturated carbocycles. The third kappa shape index (κ3) is 3.86. The van der Waals surface area contributed by atoms with E-state index in [0.29, 0.717) is 11.5 Å². The summed E-state index contributed by atoms with van der Waals surface area (Å²) < 4.78 is 5.77. The van der Waals surface area contributed by atoms with Gasteiger partial charge in [-0.1, -0.05) is 13.0 Å². The van der Waals surface area contributed by atoms with Crippen LogP contribution < -0.4 is 15.8 Å². The van der Waals surface area contributed by atoms with Gasteiger partial charge in [-0.15, -0.1) is 0 Å². The number of aromatic nitrogens is 1. The smallest absolute Gasteiger partial charge is 0.165 e. The number of rotatable bonds is 5. The van der Waals surface area contributed by atoms with Crippen LogP contribution in [0.25, 0.3) is 0 Å². The summed E-state index contributed by atoms with van der Waals surface area (Å²) in [5.74, 6) is 1.37. The van der Waals surface area contributed by atoms with Crippen LogP contribution in [-0.2, 0) is 0 Å². The molecule has 0 bridgehead atoms. The second kappa shape index (κ2) is 6.62. The van der Waals surface area contributed by atoms with Gasteiger partial charge in [0.05, 0.1) is 11.8 Å². The van der Waals surface area contributed by atoms with Crippen LogP contribution in [0, 0.1) is 11.3 Å². The lowest BCUT2D eigenvalue weighted by atomic mass is 10.2. The van der Waals surface area contributed by atoms with Crippen LogP contribution in [0.4, 0.5) is 17.2 Å². The normalized spacial score (nSPS) is 11.5. The van der Waals surface area contributed by atoms with E-state index >= 15 is 0 Å². The summed E-state index contributed by atoms with van der Waals surface area (Å²) in [5.41, 5.74) is 7.09. The van der Waals surface area contributed by atoms with Crippen molar-refractivity contribution in [1.82, 2.24) is 4.98 Å². The van der Waals surface area contributed by atoms with Crippen molar-refractivity contribution < 1.29 is 4.74 Å². The first-order chi connectivity index (χ1) is 10.1. The molecule has 0 fully saturated rings. The highest BCUT2D eigenvalue weighted by atomic mass is 16.5. The molecule has 1 unspecified atom stereocenters. The Bertz CT molecular complexity index is 664. The molecule has 0 amide bonds. The molecule has 0 aliphatic rings. The second-order valence-corrected chi connectivity index (χ2v) is 4.74. The predicted molar refractivity (Wildman–Crippen MR) is 83.5 cm³/mol. The molecule has 1 heterocycles. The second-order valence-electron chi connectivity index (χ2n) is 4.74. The summed E-state index contributed by atoms with van der Waals surface area (Å²) in [7, 11) is 0. The summed E-state index contributed by atoms with van der Waals surface area (Å²) in [6.45, 7) is 4.11. The Morgan fingerprint density at radius 1 is 1.38 bits per heavy atom. The average Bonchev–Trinajstić information content (AvgIpc) is 2.49. The minimum atomic E-state index is 0.167. The fourth-order valence-corrected chi connectivity index (χ4v) is 1.74. The van der Waals surface area contributed by atoms with Gasteiger partial charge in [-0.05, 0) is 37.6 Å². The molecule has 0 radical (unpaired) electrons. The van der Waals surface area contributed by atoms with Crippen molar-refractivity contribution in [3.05, 3.63) is 42.1 Å². The fourth-order valence-electron chi connectivity index (χ4n) is 1.74. The van der Waals surface area contributed by atoms with Crippen LogP contribution >= 0.6 is 0 Å². The highest BCUT2D eigenvalue weighted by Gasteiger charge is 2.05. The number of hydrogen-bond donors (Lipinski definition) is 2. The molecule has 0 saturated heterocycles. The van der Waals surface area contributed by atoms with Crippen molar-refractivity contribution in [1.29, 1.82) is 5.26 Å². The predicted octanol–water partition coefficient (Wildman–Crippen LogP) is 3.46. The molecule has 2 aromatic rings. The van der Waals surface area contributed by atoms with Crippen molar-refractivity contribution in [2.75, 3.05) is 11.1 Å². The highest BCUT2D eigenvalue weighted by molar-refractivity contribution is 5.62. The minimum Gasteiger partial charge on any atom is -0.491 e. The van der Waals surface area contributed by atoms with Gasteiger partial charge in [0.25, 0.3) is 0 Å². The third-order valence-electron chi connectivity index (χ3n) is 3.05. The van der Waals surface area contributed by atoms with Crippen molar-refractivity contribution in [2.24, 2.45) is 0 Å². The summed E-state index contributed by atoms with van der Waals surface area (Å²) >= 11 is 0. The molecule has 5 heteroatoms. The van der Waals surface area contributed by atoms with Crippen molar-refractivity contribution >= 4 is 17.2 Å². The van der Waals surface area contributed by atoms with Gasteiger partial charge in [-0.25, -0.2) is 4.98 Å². The molecule has 21 heavy (non-hydrogen) atoms. The van der Waals surface area contributed by atoms with Gasteiger partial charge in [0, 0.05) is 11.8 Å². The number of nitrogen functional groups attached to an aromatic ring is 1. The zero-order valence-electron chi connectivity index (χ0n) is 12.1. The maximum absolute atomic E-state index is 8.94. The van der Waals surface area contributed by atoms with Crippen LogP contribution in [0.15, 0.2) is 36.4 Å². The van der Waals surface area contributed by atoms with E-state index in [-0.39, 0.29) is 11.8 Å². The van der Waals surface area contributed by atoms with E-state index in [1.165, 1.54) is 0 Å². The zero-order valence-corrected chi connectivity index (χ0v) is 12.1. The van der Waals surface area contributed by atoms with Crippen molar-refractivity contribution in [3.8, 4) is 11.8 Å². The Hall–Kier alpha value is -2.74. The molecule has 3 N–H and O–H groups in total. The number of nitrogens with one attached hydrogen (secondary N) is 1. The first kappa shape index (κ1) is 14.7. The fraction of sp³-hybridized carbons (Fsp3) is 0.250. The number of nitrogens with zero attached hydrogens (tertiary/aromatic N) is 2. The van der Waals surface area contributed by atoms with Gasteiger partial charge in [-0.2, -0.15) is 5.26 Å². The quantitative estimate of drug-likeness (QED) is 0.877. The van der Waals surface area contributed by atoms with Crippen LogP contribution in [0.3, 0.4) is 0 Å². The van der Waals surface area contributed by atoms with E-state index in [9.17, 15) is 0 Å². The molecule has 1 atom stereocenters. The topological polar surface area (TPSA) is 84.0 Å². The molecular weight excluding hydrogens is 264 g/mol. The maximum atomic E-state index is 8.94. The number of ether oxygens (including phenoxy) is 1. The standard InChI is InChI=1S/C16H18N4O/c1-3-11(2)21-13-6-4-5-12(9-13)19-16-8-7-14(18)15(10-17)20-16/h4-9,11H,3,18H2,1-2H3,(H,19,20). The van der Waals surface area contributed by atoms with Crippen molar-refractivity contribution in [3.63, 3.8) is 0 Å². The Morgan fingerprint density at radius 3 is 2.90 bits per heavy atom. The zero-order chi connectivity index (χ0) is 15.2. The Labute approximate surface area is 124 Å². The molecule has 0 spiro atoms. The number of pyridine rings is 1. The molecule has 5 nitrogen and oxygen atoms in total. The highest BCUT2D eigenvalue weighted by Crippen LogP contribution is 2.22. The SMILES string of the molecule is CCC(C)Oc1cccc(Nc2ccc(N)c(C#N)n2)c1. The maximum Gasteiger partial charge on any atom is 0.165 e. The van der Waals surface area contributed by atoms with E-state index in [1.807, 2.05) is 37.3 Å². The number of benzene rings is 1. The van der Waals surface area contributed by atoms with Gasteiger partial charge >= 0.3 is 0 Å². The van der Waals surface area contributed by atoms with Gasteiger partial charge in [0.15, 0.2) is 5.69 Å². The van der Waals surface area contributed by atoms with E-state index in [2.05, 4.69) is 17.2 Å². The summed E-state index contributed by atoms with van der Waals surface area (Å²) in [6.07, 6.45) is 1.11. The minimum absolute atomic E-state index is 0.167. The first-order valence-electron chi connectivity index (χ1n) is 6.82.